The fraction of sp³-hybridized carbons (Fsp3) is 0.800. The van der Waals surface area contributed by atoms with E-state index in [0.29, 0.717) is 0 Å². The second-order valence-electron chi connectivity index (χ2n) is 3.97. The van der Waals surface area contributed by atoms with Crippen molar-refractivity contribution in [3.05, 3.63) is 0 Å². The highest BCUT2D eigenvalue weighted by Crippen LogP contribution is 2.11. The molecule has 1 atom stereocenters. The highest BCUT2D eigenvalue weighted by Gasteiger charge is 2.26. The van der Waals surface area contributed by atoms with Gasteiger partial charge >= 0.3 is 11.9 Å². The molecule has 0 saturated heterocycles. The number of aliphatic hydroxyl groups is 4. The van der Waals surface area contributed by atoms with Crippen LogP contribution in [0.3, 0.4) is 0 Å². The average molecular weight is 268 g/mol. The van der Waals surface area contributed by atoms with E-state index in [9.17, 15) is 9.59 Å². The molecular weight excluding hydrogens is 248 g/mol. The molecule has 108 valence electrons. The van der Waals surface area contributed by atoms with Crippen LogP contribution in [-0.2, 0) is 9.59 Å². The van der Waals surface area contributed by atoms with Crippen molar-refractivity contribution in [1.29, 1.82) is 0 Å². The van der Waals surface area contributed by atoms with Crippen LogP contribution < -0.4 is 0 Å². The molecule has 0 aromatic rings. The molecule has 0 aromatic heterocycles. The molecule has 0 rings (SSSR count). The number of hydrogen-bond acceptors (Lipinski definition) is 6. The van der Waals surface area contributed by atoms with Gasteiger partial charge in [0.05, 0.1) is 44.2 Å². The number of rotatable bonds is 7. The van der Waals surface area contributed by atoms with E-state index in [-0.39, 0.29) is 6.42 Å². The molecule has 0 aliphatic carbocycles. The Bertz CT molecular complexity index is 231. The minimum Gasteiger partial charge on any atom is -0.481 e. The third kappa shape index (κ3) is 7.96. The fourth-order valence-electron chi connectivity index (χ4n) is 0.649. The van der Waals surface area contributed by atoms with Gasteiger partial charge in [-0.25, -0.2) is 0 Å². The van der Waals surface area contributed by atoms with Gasteiger partial charge in [0.25, 0.3) is 0 Å². The Morgan fingerprint density at radius 2 is 1.28 bits per heavy atom. The molecule has 6 N–H and O–H groups in total. The smallest absolute Gasteiger partial charge is 0.306 e. The minimum absolute atomic E-state index is 0.310. The van der Waals surface area contributed by atoms with Crippen LogP contribution in [0, 0.1) is 11.3 Å². The summed E-state index contributed by atoms with van der Waals surface area (Å²) in [4.78, 5) is 19.8. The first-order valence-corrected chi connectivity index (χ1v) is 5.16. The first-order valence-electron chi connectivity index (χ1n) is 5.16. The lowest BCUT2D eigenvalue weighted by atomic mass is 9.93. The Morgan fingerprint density at radius 1 is 0.944 bits per heavy atom. The van der Waals surface area contributed by atoms with Gasteiger partial charge in [-0.3, -0.25) is 9.59 Å². The van der Waals surface area contributed by atoms with Crippen molar-refractivity contribution in [3.63, 3.8) is 0 Å². The average Bonchev–Trinajstić information content (AvgIpc) is 2.32. The lowest BCUT2D eigenvalue weighted by Gasteiger charge is -2.23. The largest absolute Gasteiger partial charge is 0.481 e. The SMILES string of the molecule is CC(CC(=O)O)C(=O)O.OCC(CO)(CO)CO. The molecule has 0 aliphatic rings. The predicted molar refractivity (Wildman–Crippen MR) is 59.8 cm³/mol. The summed E-state index contributed by atoms with van der Waals surface area (Å²) in [5, 5.41) is 50.2. The summed E-state index contributed by atoms with van der Waals surface area (Å²) in [6, 6.07) is 0. The zero-order valence-electron chi connectivity index (χ0n) is 10.1. The zero-order chi connectivity index (χ0) is 14.8. The Morgan fingerprint density at radius 3 is 1.33 bits per heavy atom. The third-order valence-electron chi connectivity index (χ3n) is 2.24. The van der Waals surface area contributed by atoms with Gasteiger partial charge in [0, 0.05) is 0 Å². The van der Waals surface area contributed by atoms with Crippen LogP contribution in [0.2, 0.25) is 0 Å². The van der Waals surface area contributed by atoms with E-state index >= 15 is 0 Å². The molecule has 0 fully saturated rings. The Kier molecular flexibility index (Phi) is 10.4. The molecule has 8 heteroatoms. The summed E-state index contributed by atoms with van der Waals surface area (Å²) in [6.45, 7) is -0.267. The molecule has 0 heterocycles. The van der Waals surface area contributed by atoms with Crippen LogP contribution in [0.5, 0.6) is 0 Å². The molecule has 0 radical (unpaired) electrons. The van der Waals surface area contributed by atoms with Gasteiger partial charge in [0.15, 0.2) is 0 Å². The lowest BCUT2D eigenvalue weighted by molar-refractivity contribution is -0.147. The number of hydrogen-bond donors (Lipinski definition) is 6. The molecule has 0 spiro atoms. The molecule has 0 aliphatic heterocycles. The van der Waals surface area contributed by atoms with Gasteiger partial charge in [-0.05, 0) is 0 Å². The van der Waals surface area contributed by atoms with E-state index < -0.39 is 49.7 Å². The van der Waals surface area contributed by atoms with E-state index in [1.54, 1.807) is 0 Å². The maximum atomic E-state index is 9.97. The zero-order valence-corrected chi connectivity index (χ0v) is 10.1. The Labute approximate surface area is 104 Å². The standard InChI is InChI=1S/C5H12O4.C5H8O4/c6-1-5(2-7,3-8)4-9;1-3(5(8)9)2-4(6)7/h6-9H,1-4H2;3H,2H2,1H3,(H,6,7)(H,8,9). The Balaban J connectivity index is 0. The van der Waals surface area contributed by atoms with Crippen molar-refractivity contribution in [2.45, 2.75) is 13.3 Å². The number of aliphatic hydroxyl groups excluding tert-OH is 4. The van der Waals surface area contributed by atoms with E-state index in [4.69, 9.17) is 30.6 Å². The maximum absolute atomic E-state index is 9.97. The predicted octanol–water partition coefficient (Wildman–Crippen LogP) is -1.88. The molecular formula is C10H20O8. The van der Waals surface area contributed by atoms with Crippen molar-refractivity contribution in [2.75, 3.05) is 26.4 Å². The van der Waals surface area contributed by atoms with Crippen molar-refractivity contribution in [3.8, 4) is 0 Å². The van der Waals surface area contributed by atoms with Crippen LogP contribution in [0.15, 0.2) is 0 Å². The topological polar surface area (TPSA) is 156 Å². The van der Waals surface area contributed by atoms with Gasteiger partial charge in [-0.2, -0.15) is 0 Å². The van der Waals surface area contributed by atoms with E-state index in [1.165, 1.54) is 6.92 Å². The summed E-state index contributed by atoms with van der Waals surface area (Å²) in [6.07, 6.45) is -0.310. The van der Waals surface area contributed by atoms with Crippen LogP contribution in [0.25, 0.3) is 0 Å². The van der Waals surface area contributed by atoms with Crippen LogP contribution in [0.1, 0.15) is 13.3 Å². The van der Waals surface area contributed by atoms with Crippen molar-refractivity contribution >= 4 is 11.9 Å². The fourth-order valence-corrected chi connectivity index (χ4v) is 0.649. The summed E-state index contributed by atoms with van der Waals surface area (Å²) in [5.41, 5.74) is -1.11. The molecule has 0 aromatic carbocycles. The molecule has 8 nitrogen and oxygen atoms in total. The number of carbonyl (C=O) groups is 2. The highest BCUT2D eigenvalue weighted by atomic mass is 16.4. The van der Waals surface area contributed by atoms with E-state index in [2.05, 4.69) is 0 Å². The van der Waals surface area contributed by atoms with Crippen LogP contribution in [0.4, 0.5) is 0 Å². The number of aliphatic carboxylic acids is 2. The first kappa shape index (κ1) is 19.1. The molecule has 0 amide bonds. The quantitative estimate of drug-likeness (QED) is 0.313. The second kappa shape index (κ2) is 9.77. The molecule has 1 unspecified atom stereocenters. The maximum Gasteiger partial charge on any atom is 0.306 e. The van der Waals surface area contributed by atoms with Crippen LogP contribution >= 0.6 is 0 Å². The van der Waals surface area contributed by atoms with Gasteiger partial charge in [0.2, 0.25) is 0 Å². The van der Waals surface area contributed by atoms with Gasteiger partial charge < -0.3 is 30.6 Å². The normalized spacial score (nSPS) is 12.3. The summed E-state index contributed by atoms with van der Waals surface area (Å²) >= 11 is 0. The van der Waals surface area contributed by atoms with Gasteiger partial charge in [-0.1, -0.05) is 6.92 Å². The van der Waals surface area contributed by atoms with Gasteiger partial charge in [0.1, 0.15) is 0 Å². The minimum atomic E-state index is -1.11. The number of carboxylic acid groups (broad SMARTS) is 2. The molecule has 18 heavy (non-hydrogen) atoms. The van der Waals surface area contributed by atoms with Crippen molar-refractivity contribution in [1.82, 2.24) is 0 Å². The van der Waals surface area contributed by atoms with E-state index in [0.717, 1.165) is 0 Å². The highest BCUT2D eigenvalue weighted by molar-refractivity contribution is 5.77. The van der Waals surface area contributed by atoms with Crippen molar-refractivity contribution in [2.24, 2.45) is 11.3 Å². The first-order chi connectivity index (χ1) is 8.28. The second-order valence-corrected chi connectivity index (χ2v) is 3.97. The monoisotopic (exact) mass is 268 g/mol. The summed E-state index contributed by atoms with van der Waals surface area (Å²) < 4.78 is 0. The lowest BCUT2D eigenvalue weighted by Crippen LogP contribution is -2.37. The Hall–Kier alpha value is -1.22. The summed E-state index contributed by atoms with van der Waals surface area (Å²) in [5.74, 6) is -2.94. The van der Waals surface area contributed by atoms with E-state index in [1.807, 2.05) is 0 Å². The summed E-state index contributed by atoms with van der Waals surface area (Å²) in [7, 11) is 0. The van der Waals surface area contributed by atoms with Crippen LogP contribution in [-0.4, -0.2) is 69.0 Å². The number of carboxylic acids is 2. The van der Waals surface area contributed by atoms with Crippen molar-refractivity contribution < 1.29 is 40.2 Å². The van der Waals surface area contributed by atoms with Gasteiger partial charge in [-0.15, -0.1) is 0 Å². The third-order valence-corrected chi connectivity index (χ3v) is 2.24. The molecule has 0 bridgehead atoms. The molecule has 0 saturated carbocycles.